The van der Waals surface area contributed by atoms with Crippen molar-refractivity contribution >= 4 is 9.84 Å². The minimum atomic E-state index is -2.98. The van der Waals surface area contributed by atoms with Crippen LogP contribution in [-0.2, 0) is 24.0 Å². The van der Waals surface area contributed by atoms with Crippen LogP contribution < -0.4 is 16.9 Å². The van der Waals surface area contributed by atoms with Gasteiger partial charge in [0.2, 0.25) is 0 Å². The molecule has 0 unspecified atom stereocenters. The molecule has 11 heteroatoms. The predicted molar refractivity (Wildman–Crippen MR) is 114 cm³/mol. The summed E-state index contributed by atoms with van der Waals surface area (Å²) in [6.07, 6.45) is 1.97. The van der Waals surface area contributed by atoms with E-state index >= 15 is 0 Å². The average molecular weight is 438 g/mol. The fraction of sp³-hybridized carbons (Fsp3) is 0.889. The standard InChI is InChI=1S/C18H39N5O5S/c1-4-18(17(19)15-22-13-16(14-22)29(3,24)25)23(20)6-8-27-10-12-28-11-9-26-7-5-21-2/h16,21H,4-15,19-20H2,1-3H3/b18-17-. The first-order valence-electron chi connectivity index (χ1n) is 10.1. The number of rotatable bonds is 17. The fourth-order valence-electron chi connectivity index (χ4n) is 2.88. The van der Waals surface area contributed by atoms with Gasteiger partial charge in [0.25, 0.3) is 0 Å². The molecule has 1 saturated heterocycles. The number of nitrogens with one attached hydrogen (secondary N) is 1. The number of hydrogen-bond acceptors (Lipinski definition) is 10. The molecule has 10 nitrogen and oxygen atoms in total. The molecule has 5 N–H and O–H groups in total. The van der Waals surface area contributed by atoms with Crippen molar-refractivity contribution in [3.63, 3.8) is 0 Å². The number of hydrogen-bond donors (Lipinski definition) is 3. The monoisotopic (exact) mass is 437 g/mol. The second kappa shape index (κ2) is 14.1. The zero-order valence-corrected chi connectivity index (χ0v) is 18.9. The maximum absolute atomic E-state index is 11.5. The van der Waals surface area contributed by atoms with Crippen molar-refractivity contribution in [3.05, 3.63) is 11.4 Å². The molecule has 1 aliphatic heterocycles. The number of ether oxygens (including phenoxy) is 3. The van der Waals surface area contributed by atoms with Crippen molar-refractivity contribution < 1.29 is 22.6 Å². The molecule has 0 atom stereocenters. The van der Waals surface area contributed by atoms with Crippen molar-refractivity contribution in [2.45, 2.75) is 18.6 Å². The molecular formula is C18H39N5O5S. The van der Waals surface area contributed by atoms with E-state index in [4.69, 9.17) is 25.8 Å². The highest BCUT2D eigenvalue weighted by Gasteiger charge is 2.34. The van der Waals surface area contributed by atoms with Crippen molar-refractivity contribution in [1.29, 1.82) is 0 Å². The highest BCUT2D eigenvalue weighted by atomic mass is 32.2. The van der Waals surface area contributed by atoms with Crippen molar-refractivity contribution in [2.75, 3.05) is 85.7 Å². The van der Waals surface area contributed by atoms with E-state index in [0.29, 0.717) is 77.9 Å². The zero-order chi connectivity index (χ0) is 21.7. The molecule has 0 saturated carbocycles. The van der Waals surface area contributed by atoms with E-state index < -0.39 is 9.84 Å². The highest BCUT2D eigenvalue weighted by Crippen LogP contribution is 2.18. The molecule has 0 bridgehead atoms. The minimum absolute atomic E-state index is 0.287. The first-order chi connectivity index (χ1) is 13.8. The Labute approximate surface area is 175 Å². The lowest BCUT2D eigenvalue weighted by Gasteiger charge is -2.38. The molecule has 0 aromatic heterocycles. The molecule has 0 aromatic rings. The summed E-state index contributed by atoms with van der Waals surface area (Å²) in [5.74, 6) is 6.13. The Hall–Kier alpha value is -0.950. The second-order valence-corrected chi connectivity index (χ2v) is 9.43. The summed E-state index contributed by atoms with van der Waals surface area (Å²) < 4.78 is 39.3. The molecule has 0 amide bonds. The summed E-state index contributed by atoms with van der Waals surface area (Å²) in [6.45, 7) is 8.16. The van der Waals surface area contributed by atoms with Crippen LogP contribution in [0.15, 0.2) is 11.4 Å². The molecule has 0 spiro atoms. The van der Waals surface area contributed by atoms with Crippen LogP contribution in [0.3, 0.4) is 0 Å². The van der Waals surface area contributed by atoms with Gasteiger partial charge in [-0.05, 0) is 13.5 Å². The van der Waals surface area contributed by atoms with Gasteiger partial charge in [-0.2, -0.15) is 0 Å². The van der Waals surface area contributed by atoms with E-state index in [1.807, 2.05) is 18.9 Å². The Bertz CT molecular complexity index is 581. The number of likely N-dealkylation sites (tertiary alicyclic amines) is 1. The number of likely N-dealkylation sites (N-methyl/N-ethyl adjacent to an activating group) is 1. The van der Waals surface area contributed by atoms with Crippen LogP contribution in [0.25, 0.3) is 0 Å². The van der Waals surface area contributed by atoms with Crippen LogP contribution in [0.1, 0.15) is 13.3 Å². The van der Waals surface area contributed by atoms with Gasteiger partial charge in [0.05, 0.1) is 51.4 Å². The number of allylic oxidation sites excluding steroid dienone is 1. The molecule has 29 heavy (non-hydrogen) atoms. The zero-order valence-electron chi connectivity index (χ0n) is 18.1. The molecule has 172 valence electrons. The van der Waals surface area contributed by atoms with E-state index in [1.165, 1.54) is 6.26 Å². The van der Waals surface area contributed by atoms with Crippen LogP contribution >= 0.6 is 0 Å². The van der Waals surface area contributed by atoms with Crippen LogP contribution in [-0.4, -0.2) is 109 Å². The van der Waals surface area contributed by atoms with E-state index in [0.717, 1.165) is 12.2 Å². The normalized spacial score (nSPS) is 16.6. The third-order valence-corrected chi connectivity index (χ3v) is 6.20. The van der Waals surface area contributed by atoms with Gasteiger partial charge in [-0.15, -0.1) is 0 Å². The summed E-state index contributed by atoms with van der Waals surface area (Å²) in [5.41, 5.74) is 7.74. The molecule has 1 heterocycles. The molecule has 1 aliphatic rings. The quantitative estimate of drug-likeness (QED) is 0.144. The third kappa shape index (κ3) is 10.6. The van der Waals surface area contributed by atoms with Gasteiger partial charge in [0.15, 0.2) is 9.84 Å². The number of nitrogens with two attached hydrogens (primary N) is 2. The maximum atomic E-state index is 11.5. The Morgan fingerprint density at radius 2 is 1.66 bits per heavy atom. The summed E-state index contributed by atoms with van der Waals surface area (Å²) in [4.78, 5) is 2.01. The van der Waals surface area contributed by atoms with Crippen LogP contribution in [0, 0.1) is 0 Å². The lowest BCUT2D eigenvalue weighted by molar-refractivity contribution is 0.0124. The lowest BCUT2D eigenvalue weighted by atomic mass is 10.1. The summed E-state index contributed by atoms with van der Waals surface area (Å²) >= 11 is 0. The maximum Gasteiger partial charge on any atom is 0.152 e. The topological polar surface area (TPSA) is 132 Å². The fourth-order valence-corrected chi connectivity index (χ4v) is 3.85. The van der Waals surface area contributed by atoms with E-state index in [2.05, 4.69) is 5.32 Å². The molecule has 1 rings (SSSR count). The van der Waals surface area contributed by atoms with Crippen molar-refractivity contribution in [2.24, 2.45) is 11.6 Å². The number of hydrazine groups is 1. The SMILES string of the molecule is CC/C(=C(/N)CN1CC(S(C)(=O)=O)C1)N(N)CCOCCOCCOCCNC. The molecule has 0 aromatic carbocycles. The summed E-state index contributed by atoms with van der Waals surface area (Å²) in [6, 6.07) is 0. The first kappa shape index (κ1) is 26.1. The van der Waals surface area contributed by atoms with E-state index in [1.54, 1.807) is 5.01 Å². The van der Waals surface area contributed by atoms with Crippen LogP contribution in [0.4, 0.5) is 0 Å². The number of nitrogens with zero attached hydrogens (tertiary/aromatic N) is 2. The van der Waals surface area contributed by atoms with E-state index in [9.17, 15) is 8.42 Å². The molecule has 1 fully saturated rings. The minimum Gasteiger partial charge on any atom is -0.400 e. The predicted octanol–water partition coefficient (Wildman–Crippen LogP) is -1.26. The Kier molecular flexibility index (Phi) is 12.7. The average Bonchev–Trinajstić information content (AvgIpc) is 2.62. The van der Waals surface area contributed by atoms with Crippen molar-refractivity contribution in [3.8, 4) is 0 Å². The largest absolute Gasteiger partial charge is 0.400 e. The third-order valence-electron chi connectivity index (χ3n) is 4.69. The van der Waals surface area contributed by atoms with Crippen molar-refractivity contribution in [1.82, 2.24) is 15.2 Å². The Morgan fingerprint density at radius 3 is 2.17 bits per heavy atom. The number of sulfone groups is 1. The molecule has 0 aliphatic carbocycles. The van der Waals surface area contributed by atoms with Gasteiger partial charge in [0, 0.05) is 43.8 Å². The van der Waals surface area contributed by atoms with Gasteiger partial charge in [-0.25, -0.2) is 14.3 Å². The smallest absolute Gasteiger partial charge is 0.152 e. The lowest BCUT2D eigenvalue weighted by Crippen LogP contribution is -2.55. The van der Waals surface area contributed by atoms with Gasteiger partial charge in [-0.3, -0.25) is 4.90 Å². The van der Waals surface area contributed by atoms with Crippen LogP contribution in [0.2, 0.25) is 0 Å². The van der Waals surface area contributed by atoms with E-state index in [-0.39, 0.29) is 5.25 Å². The van der Waals surface area contributed by atoms with Gasteiger partial charge in [-0.1, -0.05) is 6.92 Å². The Balaban J connectivity index is 2.16. The first-order valence-corrected chi connectivity index (χ1v) is 12.0. The van der Waals surface area contributed by atoms with Gasteiger partial charge < -0.3 is 30.3 Å². The summed E-state index contributed by atoms with van der Waals surface area (Å²) in [5, 5.41) is 4.33. The van der Waals surface area contributed by atoms with Gasteiger partial charge >= 0.3 is 0 Å². The molecule has 0 radical (unpaired) electrons. The highest BCUT2D eigenvalue weighted by molar-refractivity contribution is 7.91. The summed E-state index contributed by atoms with van der Waals surface area (Å²) in [7, 11) is -1.09. The second-order valence-electron chi connectivity index (χ2n) is 7.11. The van der Waals surface area contributed by atoms with Crippen LogP contribution in [0.5, 0.6) is 0 Å². The Morgan fingerprint density at radius 1 is 1.10 bits per heavy atom. The molecular weight excluding hydrogens is 398 g/mol. The van der Waals surface area contributed by atoms with Gasteiger partial charge in [0.1, 0.15) is 0 Å².